The van der Waals surface area contributed by atoms with Gasteiger partial charge in [-0.1, -0.05) is 29.8 Å². The Morgan fingerprint density at radius 2 is 1.86 bits per heavy atom. The topological polar surface area (TPSA) is 96.3 Å². The van der Waals surface area contributed by atoms with Crippen LogP contribution in [0.3, 0.4) is 0 Å². The van der Waals surface area contributed by atoms with Gasteiger partial charge in [-0.25, -0.2) is 9.78 Å². The number of carbonyl (C=O) groups is 1. The van der Waals surface area contributed by atoms with Gasteiger partial charge in [0.2, 0.25) is 0 Å². The summed E-state index contributed by atoms with van der Waals surface area (Å²) in [7, 11) is 2.91. The Labute approximate surface area is 161 Å². The van der Waals surface area contributed by atoms with Gasteiger partial charge in [-0.15, -0.1) is 0 Å². The van der Waals surface area contributed by atoms with Crippen LogP contribution in [0.5, 0.6) is 0 Å². The molecule has 0 saturated carbocycles. The number of hydrogen-bond donors (Lipinski definition) is 0. The SMILES string of the molecule is Cc1ccc(-c2cnc(CCC(=O)OCc3cc(=O)n(C)c(=O)n3C)o2)cc1. The molecule has 0 N–H and O–H groups in total. The first-order valence-corrected chi connectivity index (χ1v) is 8.78. The molecule has 0 aliphatic heterocycles. The predicted octanol–water partition coefficient (Wildman–Crippen LogP) is 1.72. The summed E-state index contributed by atoms with van der Waals surface area (Å²) >= 11 is 0. The molecule has 2 aromatic heterocycles. The van der Waals surface area contributed by atoms with E-state index in [9.17, 15) is 14.4 Å². The van der Waals surface area contributed by atoms with Gasteiger partial charge in [-0.2, -0.15) is 0 Å². The molecule has 0 aliphatic carbocycles. The van der Waals surface area contributed by atoms with Gasteiger partial charge in [0.1, 0.15) is 6.61 Å². The fraction of sp³-hybridized carbons (Fsp3) is 0.300. The predicted molar refractivity (Wildman–Crippen MR) is 102 cm³/mol. The molecule has 0 bridgehead atoms. The molecular weight excluding hydrogens is 362 g/mol. The standard InChI is InChI=1S/C20H21N3O5/c1-13-4-6-14(7-5-13)16-11-21-17(28-16)8-9-19(25)27-12-15-10-18(24)23(3)20(26)22(15)2/h4-7,10-11H,8-9,12H2,1-3H3. The summed E-state index contributed by atoms with van der Waals surface area (Å²) in [5.41, 5.74) is 1.48. The van der Waals surface area contributed by atoms with Crippen molar-refractivity contribution < 1.29 is 13.9 Å². The van der Waals surface area contributed by atoms with Crippen LogP contribution in [0.25, 0.3) is 11.3 Å². The lowest BCUT2D eigenvalue weighted by atomic mass is 10.1. The first-order chi connectivity index (χ1) is 13.3. The quantitative estimate of drug-likeness (QED) is 0.602. The minimum Gasteiger partial charge on any atom is -0.459 e. The first kappa shape index (κ1) is 19.3. The average Bonchev–Trinajstić information content (AvgIpc) is 3.16. The third kappa shape index (κ3) is 4.28. The minimum atomic E-state index is -0.470. The van der Waals surface area contributed by atoms with E-state index in [1.807, 2.05) is 31.2 Å². The zero-order chi connectivity index (χ0) is 20.3. The fourth-order valence-corrected chi connectivity index (χ4v) is 2.63. The molecule has 0 unspecified atom stereocenters. The van der Waals surface area contributed by atoms with Gasteiger partial charge in [0.15, 0.2) is 11.7 Å². The van der Waals surface area contributed by atoms with Crippen molar-refractivity contribution in [2.75, 3.05) is 0 Å². The number of ether oxygens (including phenoxy) is 1. The van der Waals surface area contributed by atoms with Gasteiger partial charge >= 0.3 is 11.7 Å². The molecule has 0 atom stereocenters. The first-order valence-electron chi connectivity index (χ1n) is 8.78. The third-order valence-corrected chi connectivity index (χ3v) is 4.44. The van der Waals surface area contributed by atoms with Gasteiger partial charge in [0.05, 0.1) is 18.3 Å². The number of hydrogen-bond acceptors (Lipinski definition) is 6. The monoisotopic (exact) mass is 383 g/mol. The average molecular weight is 383 g/mol. The highest BCUT2D eigenvalue weighted by atomic mass is 16.5. The van der Waals surface area contributed by atoms with Crippen LogP contribution in [0, 0.1) is 6.92 Å². The Kier molecular flexibility index (Phi) is 5.58. The summed E-state index contributed by atoms with van der Waals surface area (Å²) in [5, 5.41) is 0. The highest BCUT2D eigenvalue weighted by Crippen LogP contribution is 2.21. The van der Waals surface area contributed by atoms with E-state index < -0.39 is 17.2 Å². The number of esters is 1. The molecule has 0 fully saturated rings. The molecule has 0 radical (unpaired) electrons. The van der Waals surface area contributed by atoms with Crippen LogP contribution in [0.1, 0.15) is 23.6 Å². The second-order valence-electron chi connectivity index (χ2n) is 6.52. The van der Waals surface area contributed by atoms with Crippen molar-refractivity contribution in [2.24, 2.45) is 14.1 Å². The highest BCUT2D eigenvalue weighted by Gasteiger charge is 2.12. The molecule has 8 heteroatoms. The van der Waals surface area contributed by atoms with Gasteiger partial charge < -0.3 is 9.15 Å². The van der Waals surface area contributed by atoms with E-state index in [-0.39, 0.29) is 13.0 Å². The van der Waals surface area contributed by atoms with Gasteiger partial charge in [0, 0.05) is 32.1 Å². The van der Waals surface area contributed by atoms with E-state index in [2.05, 4.69) is 4.98 Å². The van der Waals surface area contributed by atoms with Crippen LogP contribution in [0.15, 0.2) is 50.5 Å². The van der Waals surface area contributed by atoms with Crippen molar-refractivity contribution in [1.82, 2.24) is 14.1 Å². The molecule has 0 spiro atoms. The summed E-state index contributed by atoms with van der Waals surface area (Å²) < 4.78 is 13.1. The summed E-state index contributed by atoms with van der Waals surface area (Å²) in [6.07, 6.45) is 1.99. The summed E-state index contributed by atoms with van der Waals surface area (Å²) in [5.74, 6) is 0.607. The maximum atomic E-state index is 12.0. The fourth-order valence-electron chi connectivity index (χ4n) is 2.63. The van der Waals surface area contributed by atoms with E-state index in [4.69, 9.17) is 9.15 Å². The minimum absolute atomic E-state index is 0.0760. The largest absolute Gasteiger partial charge is 0.459 e. The van der Waals surface area contributed by atoms with E-state index in [0.717, 1.165) is 15.7 Å². The van der Waals surface area contributed by atoms with Crippen LogP contribution < -0.4 is 11.2 Å². The molecule has 8 nitrogen and oxygen atoms in total. The number of benzene rings is 1. The zero-order valence-electron chi connectivity index (χ0n) is 16.0. The molecule has 0 saturated heterocycles. The number of carbonyl (C=O) groups excluding carboxylic acids is 1. The van der Waals surface area contributed by atoms with Crippen LogP contribution in [-0.4, -0.2) is 20.1 Å². The van der Waals surface area contributed by atoms with E-state index in [0.29, 0.717) is 23.8 Å². The highest BCUT2D eigenvalue weighted by molar-refractivity contribution is 5.69. The number of oxazole rings is 1. The maximum Gasteiger partial charge on any atom is 0.330 e. The van der Waals surface area contributed by atoms with Crippen LogP contribution in [0.4, 0.5) is 0 Å². The Bertz CT molecular complexity index is 1110. The Morgan fingerprint density at radius 3 is 2.57 bits per heavy atom. The number of aryl methyl sites for hydroxylation is 2. The smallest absolute Gasteiger partial charge is 0.330 e. The van der Waals surface area contributed by atoms with E-state index in [1.165, 1.54) is 24.7 Å². The van der Waals surface area contributed by atoms with E-state index in [1.54, 1.807) is 6.20 Å². The zero-order valence-corrected chi connectivity index (χ0v) is 16.0. The second kappa shape index (κ2) is 8.08. The molecule has 0 amide bonds. The number of nitrogens with zero attached hydrogens (tertiary/aromatic N) is 3. The second-order valence-corrected chi connectivity index (χ2v) is 6.52. The van der Waals surface area contributed by atoms with Gasteiger partial charge in [-0.05, 0) is 6.92 Å². The van der Waals surface area contributed by atoms with E-state index >= 15 is 0 Å². The normalized spacial score (nSPS) is 10.8. The Hall–Kier alpha value is -3.42. The van der Waals surface area contributed by atoms with Gasteiger partial charge in [0.25, 0.3) is 5.56 Å². The number of rotatable bonds is 6. The lowest BCUT2D eigenvalue weighted by molar-refractivity contribution is -0.145. The van der Waals surface area contributed by atoms with Crippen LogP contribution in [-0.2, 0) is 36.7 Å². The van der Waals surface area contributed by atoms with Crippen molar-refractivity contribution in [3.63, 3.8) is 0 Å². The molecular formula is C20H21N3O5. The molecule has 3 rings (SSSR count). The number of aromatic nitrogens is 3. The molecule has 146 valence electrons. The lowest BCUT2D eigenvalue weighted by Crippen LogP contribution is -2.38. The van der Waals surface area contributed by atoms with Crippen LogP contribution in [0.2, 0.25) is 0 Å². The molecule has 2 heterocycles. The van der Waals surface area contributed by atoms with Gasteiger partial charge in [-0.3, -0.25) is 18.7 Å². The van der Waals surface area contributed by atoms with Crippen molar-refractivity contribution >= 4 is 5.97 Å². The van der Waals surface area contributed by atoms with Crippen LogP contribution >= 0.6 is 0 Å². The Morgan fingerprint density at radius 1 is 1.14 bits per heavy atom. The third-order valence-electron chi connectivity index (χ3n) is 4.44. The maximum absolute atomic E-state index is 12.0. The summed E-state index contributed by atoms with van der Waals surface area (Å²) in [6, 6.07) is 9.14. The van der Waals surface area contributed by atoms with Crippen molar-refractivity contribution in [1.29, 1.82) is 0 Å². The Balaban J connectivity index is 1.56. The summed E-state index contributed by atoms with van der Waals surface area (Å²) in [4.78, 5) is 39.7. The van der Waals surface area contributed by atoms with Crippen molar-refractivity contribution in [3.05, 3.63) is 74.5 Å². The molecule has 0 aliphatic rings. The van der Waals surface area contributed by atoms with Crippen molar-refractivity contribution in [2.45, 2.75) is 26.4 Å². The molecule has 28 heavy (non-hydrogen) atoms. The van der Waals surface area contributed by atoms with Crippen molar-refractivity contribution in [3.8, 4) is 11.3 Å². The molecule has 3 aromatic rings. The lowest BCUT2D eigenvalue weighted by Gasteiger charge is -2.09. The summed E-state index contributed by atoms with van der Waals surface area (Å²) in [6.45, 7) is 1.85. The molecule has 1 aromatic carbocycles.